The molecule has 0 saturated heterocycles. The predicted octanol–water partition coefficient (Wildman–Crippen LogP) is -2.75. The van der Waals surface area contributed by atoms with Crippen LogP contribution >= 0.6 is 24.4 Å². The maximum Gasteiger partial charge on any atom is 0.327 e. The number of thiol groups is 1. The summed E-state index contributed by atoms with van der Waals surface area (Å²) in [7, 11) is 0. The SMILES string of the molecule is CC[C@H](C)[C@H](NC(=O)[C@H](Cc1ccccc1)NC(=O)[C@H](CC(C)C)NC(=O)[C@H](CCCNC(=N)N)NC(=O)[C@@H](NC(=O)[C@H](C)NC(=O)[C@H](CCC(=O)O)NC(=O)[C@H](CCC(=O)O)NC(=O)[C@H](CCC(=O)O)NC(=O)[C@H](CCSC)NC(=O)[C@@H](N)CCC(N)=O)C(C)C)C(=O)N[C@@H](CCC(=O)O)C(=O)N[C@@H](Cc1c[nH]c2ccccc12)C(=O)N[C@@H](CC(C)C)C(=O)N[C@@H](CCCCN)C(=O)N[C@@H](CS)C(=O)O. The van der Waals surface area contributed by atoms with Gasteiger partial charge in [0.05, 0.1) is 6.04 Å². The zero-order valence-electron chi connectivity index (χ0n) is 81.0. The largest absolute Gasteiger partial charge is 0.481 e. The Morgan fingerprint density at radius 3 is 1.19 bits per heavy atom. The minimum atomic E-state index is -1.93. The van der Waals surface area contributed by atoms with Gasteiger partial charge in [-0.15, -0.1) is 0 Å². The average molecular weight is 2020 g/mol. The summed E-state index contributed by atoms with van der Waals surface area (Å²) in [4.78, 5) is 291. The number of rotatable bonds is 69. The molecule has 50 heteroatoms. The van der Waals surface area contributed by atoms with Crippen LogP contribution < -0.4 is 108 Å². The summed E-state index contributed by atoms with van der Waals surface area (Å²) in [5.74, 6) is -26.4. The number of fused-ring (bicyclic) bond motifs is 1. The Kier molecular flexibility index (Phi) is 54.8. The van der Waals surface area contributed by atoms with Gasteiger partial charge in [0.25, 0.3) is 0 Å². The van der Waals surface area contributed by atoms with E-state index in [9.17, 15) is 107 Å². The molecule has 48 nitrogen and oxygen atoms in total. The molecule has 141 heavy (non-hydrogen) atoms. The minimum Gasteiger partial charge on any atom is -0.481 e. The molecule has 0 bridgehead atoms. The van der Waals surface area contributed by atoms with Crippen molar-refractivity contribution in [2.75, 3.05) is 30.9 Å². The van der Waals surface area contributed by atoms with Crippen LogP contribution in [0, 0.1) is 29.1 Å². The van der Waals surface area contributed by atoms with E-state index >= 15 is 19.2 Å². The molecule has 0 aliphatic carbocycles. The first kappa shape index (κ1) is 122. The van der Waals surface area contributed by atoms with Crippen molar-refractivity contribution < 1.29 is 126 Å². The smallest absolute Gasteiger partial charge is 0.327 e. The predicted molar refractivity (Wildman–Crippen MR) is 520 cm³/mol. The molecule has 2 aromatic carbocycles. The van der Waals surface area contributed by atoms with Gasteiger partial charge < -0.3 is 139 Å². The van der Waals surface area contributed by atoms with Gasteiger partial charge in [-0.3, -0.25) is 101 Å². The molecule has 1 aromatic heterocycles. The number of thioether (sulfide) groups is 1. The number of carboxylic acids is 5. The average Bonchev–Trinajstić information content (AvgIpc) is 1.71. The first-order chi connectivity index (χ1) is 66.4. The van der Waals surface area contributed by atoms with E-state index in [0.717, 1.165) is 6.92 Å². The standard InChI is InChI=1S/C91H142N22O26S2/c1-11-49(8)74(89(137)106-61(30-35-72(121)122)82(130)110-66(43-52-44-98-55-23-16-15-22-53(52)55)86(134)108-63(40-46(2)3)84(132)101-56(24-17-18-37-92)79(127)111-67(45-140)90(138)139)113-87(135)65(42-51-20-13-12-14-21-51)109-85(133)64(41-47(4)5)107-78(126)57(25-19-38-97-91(95)96)105-88(136)73(48(6)7)112-75(123)50(9)99-77(125)58(27-32-69(115)116)102-80(128)59(28-33-70(117)118)103-81(129)60(29-34-71(119)120)104-83(131)62(36-39-141-10)100-76(124)54(93)26-31-68(94)114/h12-16,20-23,44,46-50,54,56-67,73-74,98,140H,11,17-19,24-43,45,92-93H2,1-10H3,(H2,94,114)(H,99,125)(H,100,124)(H,101,132)(H,102,128)(H,103,129)(H,104,131)(H,105,136)(H,106,137)(H,107,126)(H,108,134)(H,109,133)(H,110,130)(H,111,127)(H,112,123)(H,113,135)(H,115,116)(H,117,118)(H,119,120)(H,121,122)(H,138,139)(H4,95,96,97)/t49-,50-,54-,56-,57-,58-,59-,60-,61-,62-,63-,64-,65-,66-,67-,73-,74-/m0/s1. The van der Waals surface area contributed by atoms with Crippen molar-refractivity contribution in [3.05, 3.63) is 71.9 Å². The lowest BCUT2D eigenvalue weighted by Gasteiger charge is -2.30. The Hall–Kier alpha value is -13.3. The van der Waals surface area contributed by atoms with Crippen LogP contribution in [0.25, 0.3) is 10.9 Å². The molecule has 1 heterocycles. The summed E-state index contributed by atoms with van der Waals surface area (Å²) in [6.45, 7) is 14.5. The molecule has 0 spiro atoms. The molecule has 0 fully saturated rings. The van der Waals surface area contributed by atoms with Crippen LogP contribution in [0.4, 0.5) is 0 Å². The summed E-state index contributed by atoms with van der Waals surface area (Å²) < 4.78 is 0. The van der Waals surface area contributed by atoms with Crippen molar-refractivity contribution in [1.82, 2.24) is 90.1 Å². The van der Waals surface area contributed by atoms with Crippen LogP contribution in [0.1, 0.15) is 195 Å². The number of aromatic amines is 1. The number of unbranched alkanes of at least 4 members (excludes halogenated alkanes) is 1. The highest BCUT2D eigenvalue weighted by atomic mass is 32.2. The van der Waals surface area contributed by atoms with E-state index in [0.29, 0.717) is 34.9 Å². The number of aromatic nitrogens is 1. The second-order valence-electron chi connectivity index (χ2n) is 35.5. The number of carbonyl (C=O) groups excluding carboxylic acids is 16. The van der Waals surface area contributed by atoms with Gasteiger partial charge in [-0.05, 0) is 150 Å². The van der Waals surface area contributed by atoms with Crippen LogP contribution in [0.3, 0.4) is 0 Å². The molecule has 0 aliphatic heterocycles. The molecule has 3 aromatic rings. The van der Waals surface area contributed by atoms with Crippen LogP contribution in [0.5, 0.6) is 0 Å². The van der Waals surface area contributed by atoms with Gasteiger partial charge in [-0.25, -0.2) is 4.79 Å². The van der Waals surface area contributed by atoms with Crippen molar-refractivity contribution in [3.63, 3.8) is 0 Å². The van der Waals surface area contributed by atoms with Crippen LogP contribution in [0.2, 0.25) is 0 Å². The van der Waals surface area contributed by atoms with Crippen molar-refractivity contribution in [3.8, 4) is 0 Å². The maximum absolute atomic E-state index is 15.2. The Morgan fingerprint density at radius 2 is 0.773 bits per heavy atom. The molecular formula is C91H142N22O26S2. The number of amides is 16. The third kappa shape index (κ3) is 45.7. The first-order valence-electron chi connectivity index (χ1n) is 46.6. The summed E-state index contributed by atoms with van der Waals surface area (Å²) in [5.41, 5.74) is 24.0. The van der Waals surface area contributed by atoms with E-state index in [1.807, 2.05) is 0 Å². The number of H-pyrrole nitrogens is 1. The normalized spacial score (nSPS) is 14.8. The topological polar surface area (TPSA) is 796 Å². The third-order valence-corrected chi connectivity index (χ3v) is 23.5. The third-order valence-electron chi connectivity index (χ3n) is 22.5. The van der Waals surface area contributed by atoms with Gasteiger partial charge in [0.15, 0.2) is 5.96 Å². The quantitative estimate of drug-likeness (QED) is 0.0118. The van der Waals surface area contributed by atoms with Crippen LogP contribution in [-0.4, -0.2) is 288 Å². The number of benzene rings is 2. The van der Waals surface area contributed by atoms with Crippen molar-refractivity contribution in [2.24, 2.45) is 46.6 Å². The monoisotopic (exact) mass is 2020 g/mol. The summed E-state index contributed by atoms with van der Waals surface area (Å²) in [6.07, 6.45) is -3.22. The number of primary amides is 1. The highest BCUT2D eigenvalue weighted by molar-refractivity contribution is 7.98. The lowest BCUT2D eigenvalue weighted by molar-refractivity contribution is -0.142. The molecule has 784 valence electrons. The zero-order chi connectivity index (χ0) is 106. The van der Waals surface area contributed by atoms with Gasteiger partial charge in [0, 0.05) is 74.3 Å². The van der Waals surface area contributed by atoms with E-state index in [-0.39, 0.29) is 101 Å². The highest BCUT2D eigenvalue weighted by Crippen LogP contribution is 2.22. The number of nitrogens with one attached hydrogen (secondary N) is 18. The number of guanidine groups is 1. The number of carboxylic acid groups (broad SMARTS) is 5. The van der Waals surface area contributed by atoms with Gasteiger partial charge >= 0.3 is 29.8 Å². The maximum atomic E-state index is 15.2. The summed E-state index contributed by atoms with van der Waals surface area (Å²) in [6, 6.07) is -10.2. The number of aliphatic carboxylic acids is 5. The van der Waals surface area contributed by atoms with E-state index in [4.69, 9.17) is 28.3 Å². The molecule has 17 atom stereocenters. The van der Waals surface area contributed by atoms with E-state index in [1.165, 1.54) is 25.6 Å². The van der Waals surface area contributed by atoms with Gasteiger partial charge in [0.1, 0.15) is 90.6 Å². The molecule has 0 radical (unpaired) electrons. The number of nitrogens with two attached hydrogens (primary N) is 4. The molecule has 0 aliphatic rings. The second kappa shape index (κ2) is 63.4. The Labute approximate surface area is 826 Å². The van der Waals surface area contributed by atoms with Crippen molar-refractivity contribution in [2.45, 2.75) is 294 Å². The fraction of sp³-hybridized carbons (Fsp3) is 0.604. The van der Waals surface area contributed by atoms with Gasteiger partial charge in [0.2, 0.25) is 94.5 Å². The minimum absolute atomic E-state index is 0.000520. The fourth-order valence-electron chi connectivity index (χ4n) is 14.4. The van der Waals surface area contributed by atoms with E-state index in [2.05, 4.69) is 103 Å². The zero-order valence-corrected chi connectivity index (χ0v) is 82.7. The molecule has 31 N–H and O–H groups in total. The fourth-order valence-corrected chi connectivity index (χ4v) is 15.1. The number of para-hydroxylation sites is 1. The van der Waals surface area contributed by atoms with Crippen LogP contribution in [0.15, 0.2) is 60.8 Å². The van der Waals surface area contributed by atoms with Gasteiger partial charge in [-0.2, -0.15) is 24.4 Å². The molecule has 0 unspecified atom stereocenters. The van der Waals surface area contributed by atoms with Gasteiger partial charge in [-0.1, -0.05) is 110 Å². The summed E-state index contributed by atoms with van der Waals surface area (Å²) in [5, 5.41) is 97.7. The lowest BCUT2D eigenvalue weighted by Crippen LogP contribution is -2.62. The Balaban J connectivity index is 2.04. The first-order valence-corrected chi connectivity index (χ1v) is 48.6. The number of hydrogen-bond donors (Lipinski definition) is 28. The molecular weight excluding hydrogens is 1880 g/mol. The lowest BCUT2D eigenvalue weighted by atomic mass is 9.96. The van der Waals surface area contributed by atoms with E-state index < -0.39 is 296 Å². The second-order valence-corrected chi connectivity index (χ2v) is 36.8. The molecule has 3 rings (SSSR count). The Bertz CT molecular complexity index is 4760. The Morgan fingerprint density at radius 1 is 0.404 bits per heavy atom. The van der Waals surface area contributed by atoms with E-state index in [1.54, 1.807) is 109 Å². The molecule has 0 saturated carbocycles. The summed E-state index contributed by atoms with van der Waals surface area (Å²) >= 11 is 5.30. The van der Waals surface area contributed by atoms with Crippen LogP contribution in [-0.2, 0) is 114 Å². The van der Waals surface area contributed by atoms with Crippen molar-refractivity contribution in [1.29, 1.82) is 5.41 Å². The molecule has 16 amide bonds. The number of hydrogen-bond acceptors (Lipinski definition) is 26. The highest BCUT2D eigenvalue weighted by Gasteiger charge is 2.41. The van der Waals surface area contributed by atoms with Crippen molar-refractivity contribution >= 4 is 166 Å². The number of carbonyl (C=O) groups is 21.